The zero-order chi connectivity index (χ0) is 20.0. The van der Waals surface area contributed by atoms with Gasteiger partial charge < -0.3 is 14.9 Å². The summed E-state index contributed by atoms with van der Waals surface area (Å²) in [4.78, 5) is 29.6. The Labute approximate surface area is 168 Å². The number of rotatable bonds is 3. The molecule has 29 heavy (non-hydrogen) atoms. The average molecular weight is 396 g/mol. The summed E-state index contributed by atoms with van der Waals surface area (Å²) in [6.07, 6.45) is 4.91. The Morgan fingerprint density at radius 1 is 1.17 bits per heavy atom. The molecule has 9 heteroatoms. The number of aromatic nitrogens is 4. The van der Waals surface area contributed by atoms with Crippen molar-refractivity contribution in [3.8, 4) is 5.69 Å². The van der Waals surface area contributed by atoms with Crippen molar-refractivity contribution < 1.29 is 14.7 Å². The highest BCUT2D eigenvalue weighted by atomic mass is 16.3. The van der Waals surface area contributed by atoms with Crippen LogP contribution in [0.3, 0.4) is 0 Å². The van der Waals surface area contributed by atoms with Gasteiger partial charge in [0, 0.05) is 31.1 Å². The molecular formula is C20H24N6O3. The molecule has 4 atom stereocenters. The third kappa shape index (κ3) is 3.09. The Balaban J connectivity index is 1.36. The van der Waals surface area contributed by atoms with E-state index in [1.807, 2.05) is 21.9 Å². The molecule has 152 valence electrons. The molecule has 2 amide bonds. The molecule has 5 rings (SSSR count). The molecule has 0 aliphatic carbocycles. The lowest BCUT2D eigenvalue weighted by molar-refractivity contribution is -0.154. The third-order valence-corrected chi connectivity index (χ3v) is 6.70. The zero-order valence-corrected chi connectivity index (χ0v) is 16.1. The second-order valence-corrected chi connectivity index (χ2v) is 8.28. The Morgan fingerprint density at radius 3 is 2.69 bits per heavy atom. The molecule has 3 saturated heterocycles. The van der Waals surface area contributed by atoms with E-state index in [0.29, 0.717) is 25.1 Å². The second-order valence-electron chi connectivity index (χ2n) is 8.28. The maximum Gasteiger partial charge on any atom is 0.253 e. The van der Waals surface area contributed by atoms with Crippen molar-refractivity contribution in [2.45, 2.75) is 37.8 Å². The van der Waals surface area contributed by atoms with Gasteiger partial charge in [-0.2, -0.15) is 0 Å². The van der Waals surface area contributed by atoms with E-state index >= 15 is 0 Å². The highest BCUT2D eigenvalue weighted by Gasteiger charge is 2.49. The van der Waals surface area contributed by atoms with E-state index in [-0.39, 0.29) is 42.3 Å². The molecule has 3 aliphatic heterocycles. The molecule has 1 aromatic heterocycles. The van der Waals surface area contributed by atoms with E-state index in [1.54, 1.807) is 16.8 Å². The molecule has 0 unspecified atom stereocenters. The first kappa shape index (κ1) is 18.2. The number of fused-ring (bicyclic) bond motifs is 4. The van der Waals surface area contributed by atoms with Crippen molar-refractivity contribution in [3.05, 3.63) is 36.2 Å². The van der Waals surface area contributed by atoms with E-state index in [4.69, 9.17) is 0 Å². The molecule has 2 bridgehead atoms. The first-order valence-electron chi connectivity index (χ1n) is 10.2. The first-order valence-corrected chi connectivity index (χ1v) is 10.2. The van der Waals surface area contributed by atoms with Crippen LogP contribution in [-0.2, 0) is 4.79 Å². The number of likely N-dealkylation sites (tertiary alicyclic amines) is 1. The van der Waals surface area contributed by atoms with Crippen LogP contribution in [0.15, 0.2) is 30.6 Å². The van der Waals surface area contributed by atoms with E-state index in [0.717, 1.165) is 24.9 Å². The van der Waals surface area contributed by atoms with Crippen LogP contribution >= 0.6 is 0 Å². The minimum Gasteiger partial charge on any atom is -0.394 e. The minimum atomic E-state index is -0.179. The van der Waals surface area contributed by atoms with Crippen molar-refractivity contribution in [2.75, 3.05) is 19.7 Å². The molecule has 2 aromatic rings. The number of aliphatic hydroxyl groups excluding tert-OH is 1. The number of aliphatic hydroxyl groups is 1. The lowest BCUT2D eigenvalue weighted by Crippen LogP contribution is -2.66. The van der Waals surface area contributed by atoms with Crippen LogP contribution in [0.4, 0.5) is 0 Å². The van der Waals surface area contributed by atoms with Crippen LogP contribution in [0.5, 0.6) is 0 Å². The van der Waals surface area contributed by atoms with Crippen molar-refractivity contribution in [1.29, 1.82) is 0 Å². The van der Waals surface area contributed by atoms with Crippen LogP contribution in [0.1, 0.15) is 36.0 Å². The van der Waals surface area contributed by atoms with Gasteiger partial charge in [-0.05, 0) is 65.8 Å². The van der Waals surface area contributed by atoms with Gasteiger partial charge in [0.2, 0.25) is 5.91 Å². The van der Waals surface area contributed by atoms with Crippen molar-refractivity contribution >= 4 is 11.8 Å². The van der Waals surface area contributed by atoms with Crippen molar-refractivity contribution in [1.82, 2.24) is 30.0 Å². The summed E-state index contributed by atoms with van der Waals surface area (Å²) in [6.45, 7) is 1.20. The predicted molar refractivity (Wildman–Crippen MR) is 102 cm³/mol. The van der Waals surface area contributed by atoms with Gasteiger partial charge in [-0.1, -0.05) is 0 Å². The summed E-state index contributed by atoms with van der Waals surface area (Å²) < 4.78 is 1.54. The van der Waals surface area contributed by atoms with Crippen LogP contribution in [0.25, 0.3) is 5.69 Å². The van der Waals surface area contributed by atoms with Gasteiger partial charge in [-0.3, -0.25) is 9.59 Å². The number of tetrazole rings is 1. The number of amides is 2. The van der Waals surface area contributed by atoms with E-state index < -0.39 is 0 Å². The van der Waals surface area contributed by atoms with Gasteiger partial charge in [0.25, 0.3) is 5.91 Å². The van der Waals surface area contributed by atoms with Gasteiger partial charge >= 0.3 is 0 Å². The Kier molecular flexibility index (Phi) is 4.54. The Morgan fingerprint density at radius 2 is 1.97 bits per heavy atom. The third-order valence-electron chi connectivity index (χ3n) is 6.70. The standard InChI is InChI=1S/C20H24N6O3/c27-11-18-15-8-14(17-2-1-3-19(28)26(17)18)9-24(10-15)20(29)13-4-6-16(7-5-13)25-12-21-22-23-25/h4-7,12,14-15,17-18,27H,1-3,8-11H2/t14-,15+,17+,18+/m1/s1. The number of piperidine rings is 3. The fourth-order valence-corrected chi connectivity index (χ4v) is 5.39. The van der Waals surface area contributed by atoms with E-state index in [1.165, 1.54) is 6.33 Å². The van der Waals surface area contributed by atoms with Gasteiger partial charge in [0.1, 0.15) is 6.33 Å². The smallest absolute Gasteiger partial charge is 0.253 e. The quantitative estimate of drug-likeness (QED) is 0.810. The molecule has 0 radical (unpaired) electrons. The fourth-order valence-electron chi connectivity index (χ4n) is 5.39. The summed E-state index contributed by atoms with van der Waals surface area (Å²) in [5.74, 6) is 0.565. The summed E-state index contributed by atoms with van der Waals surface area (Å²) >= 11 is 0. The van der Waals surface area contributed by atoms with Crippen LogP contribution < -0.4 is 0 Å². The first-order chi connectivity index (χ1) is 14.2. The summed E-state index contributed by atoms with van der Waals surface area (Å²) in [6, 6.07) is 7.20. The number of hydrogen-bond donors (Lipinski definition) is 1. The van der Waals surface area contributed by atoms with Crippen LogP contribution in [0, 0.1) is 11.8 Å². The molecule has 1 N–H and O–H groups in total. The molecule has 0 spiro atoms. The normalized spacial score (nSPS) is 28.9. The van der Waals surface area contributed by atoms with E-state index in [2.05, 4.69) is 15.5 Å². The Bertz CT molecular complexity index is 885. The van der Waals surface area contributed by atoms with Crippen LogP contribution in [0.2, 0.25) is 0 Å². The highest BCUT2D eigenvalue weighted by molar-refractivity contribution is 5.94. The van der Waals surface area contributed by atoms with Gasteiger partial charge in [0.05, 0.1) is 18.3 Å². The maximum atomic E-state index is 13.2. The largest absolute Gasteiger partial charge is 0.394 e. The van der Waals surface area contributed by atoms with Crippen molar-refractivity contribution in [3.63, 3.8) is 0 Å². The molecule has 3 aliphatic rings. The number of carbonyl (C=O) groups is 2. The molecule has 0 saturated carbocycles. The second kappa shape index (κ2) is 7.22. The minimum absolute atomic E-state index is 0.00441. The molecule has 9 nitrogen and oxygen atoms in total. The Hall–Kier alpha value is -2.81. The number of carbonyl (C=O) groups excluding carboxylic acids is 2. The zero-order valence-electron chi connectivity index (χ0n) is 16.1. The molecule has 1 aromatic carbocycles. The van der Waals surface area contributed by atoms with Gasteiger partial charge in [-0.25, -0.2) is 4.68 Å². The van der Waals surface area contributed by atoms with Gasteiger partial charge in [-0.15, -0.1) is 5.10 Å². The SMILES string of the molecule is O=C(c1ccc(-n2cnnn2)cc1)N1C[C@H]2C[C@@H](C1)[C@H](CO)N1C(=O)CCC[C@@H]21. The fraction of sp³-hybridized carbons (Fsp3) is 0.550. The lowest BCUT2D eigenvalue weighted by atomic mass is 9.72. The van der Waals surface area contributed by atoms with Gasteiger partial charge in [0.15, 0.2) is 0 Å². The van der Waals surface area contributed by atoms with Crippen LogP contribution in [-0.4, -0.2) is 78.7 Å². The lowest BCUT2D eigenvalue weighted by Gasteiger charge is -2.56. The number of benzene rings is 1. The topological polar surface area (TPSA) is 104 Å². The summed E-state index contributed by atoms with van der Waals surface area (Å²) in [7, 11) is 0. The monoisotopic (exact) mass is 396 g/mol. The number of nitrogens with zero attached hydrogens (tertiary/aromatic N) is 6. The summed E-state index contributed by atoms with van der Waals surface area (Å²) in [5, 5.41) is 21.1. The molecular weight excluding hydrogens is 372 g/mol. The number of hydrogen-bond acceptors (Lipinski definition) is 6. The summed E-state index contributed by atoms with van der Waals surface area (Å²) in [5.41, 5.74) is 1.41. The maximum absolute atomic E-state index is 13.2. The van der Waals surface area contributed by atoms with Crippen molar-refractivity contribution in [2.24, 2.45) is 11.8 Å². The molecule has 4 heterocycles. The predicted octanol–water partition coefficient (Wildman–Crippen LogP) is 0.496. The molecule has 3 fully saturated rings. The highest BCUT2D eigenvalue weighted by Crippen LogP contribution is 2.41. The average Bonchev–Trinajstić information content (AvgIpc) is 3.29. The van der Waals surface area contributed by atoms with E-state index in [9.17, 15) is 14.7 Å².